The third-order valence-corrected chi connectivity index (χ3v) is 7.70. The van der Waals surface area contributed by atoms with Crippen LogP contribution in [0.1, 0.15) is 51.9 Å². The number of carbonyl (C=O) groups excluding carboxylic acids is 3. The number of likely N-dealkylation sites (tertiary alicyclic amines) is 1. The molecule has 1 aromatic carbocycles. The maximum absolute atomic E-state index is 13.3. The highest BCUT2D eigenvalue weighted by atomic mass is 32.2. The van der Waals surface area contributed by atoms with E-state index in [1.807, 2.05) is 29.2 Å². The van der Waals surface area contributed by atoms with Crippen molar-refractivity contribution in [2.24, 2.45) is 5.92 Å². The number of hydrogen-bond acceptors (Lipinski definition) is 4. The molecule has 0 radical (unpaired) electrons. The first-order chi connectivity index (χ1) is 14.5. The van der Waals surface area contributed by atoms with E-state index in [4.69, 9.17) is 0 Å². The van der Waals surface area contributed by atoms with Gasteiger partial charge in [-0.1, -0.05) is 19.1 Å². The van der Waals surface area contributed by atoms with Crippen LogP contribution in [0.5, 0.6) is 0 Å². The van der Waals surface area contributed by atoms with Gasteiger partial charge in [0.2, 0.25) is 11.8 Å². The van der Waals surface area contributed by atoms with Crippen LogP contribution in [0.2, 0.25) is 0 Å². The van der Waals surface area contributed by atoms with Gasteiger partial charge in [-0.25, -0.2) is 0 Å². The molecule has 162 valence electrons. The van der Waals surface area contributed by atoms with Crippen molar-refractivity contribution < 1.29 is 14.4 Å². The van der Waals surface area contributed by atoms with Crippen LogP contribution in [-0.4, -0.2) is 53.5 Å². The molecule has 2 fully saturated rings. The number of anilines is 1. The number of amides is 3. The molecule has 0 bridgehead atoms. The molecular formula is C23H31N3O3S. The van der Waals surface area contributed by atoms with Crippen LogP contribution < -0.4 is 10.2 Å². The smallest absolute Gasteiger partial charge is 0.250 e. The molecule has 6 nitrogen and oxygen atoms in total. The van der Waals surface area contributed by atoms with Crippen molar-refractivity contribution in [1.29, 1.82) is 0 Å². The summed E-state index contributed by atoms with van der Waals surface area (Å²) >= 11 is 1.32. The van der Waals surface area contributed by atoms with Crippen molar-refractivity contribution in [2.45, 2.75) is 68.1 Å². The summed E-state index contributed by atoms with van der Waals surface area (Å²) < 4.78 is 0. The molecule has 1 aromatic rings. The first-order valence-corrected chi connectivity index (χ1v) is 12.1. The highest BCUT2D eigenvalue weighted by Gasteiger charge is 2.41. The molecule has 7 heteroatoms. The molecule has 1 atom stereocenters. The molecule has 2 aliphatic heterocycles. The fraction of sp³-hybridized carbons (Fsp3) is 0.609. The quantitative estimate of drug-likeness (QED) is 0.747. The number of carbonyl (C=O) groups is 3. The Morgan fingerprint density at radius 2 is 1.77 bits per heavy atom. The van der Waals surface area contributed by atoms with Crippen LogP contribution in [0.3, 0.4) is 0 Å². The molecule has 1 aliphatic carbocycles. The van der Waals surface area contributed by atoms with Crippen LogP contribution in [-0.2, 0) is 14.4 Å². The molecule has 30 heavy (non-hydrogen) atoms. The number of nitrogens with zero attached hydrogens (tertiary/aromatic N) is 2. The summed E-state index contributed by atoms with van der Waals surface area (Å²) in [6.45, 7) is 3.64. The Balaban J connectivity index is 1.48. The second kappa shape index (κ2) is 9.41. The average Bonchev–Trinajstić information content (AvgIpc) is 2.77. The Labute approximate surface area is 182 Å². The molecule has 2 heterocycles. The van der Waals surface area contributed by atoms with E-state index >= 15 is 0 Å². The lowest BCUT2D eigenvalue weighted by molar-refractivity contribution is -0.136. The lowest BCUT2D eigenvalue weighted by atomic mass is 9.87. The van der Waals surface area contributed by atoms with E-state index < -0.39 is 5.25 Å². The zero-order valence-electron chi connectivity index (χ0n) is 17.6. The number of para-hydroxylation sites is 1. The number of hydrogen-bond donors (Lipinski definition) is 1. The number of piperidine rings is 1. The molecule has 1 saturated heterocycles. The van der Waals surface area contributed by atoms with Gasteiger partial charge in [-0.2, -0.15) is 0 Å². The summed E-state index contributed by atoms with van der Waals surface area (Å²) in [5, 5.41) is 2.31. The molecule has 3 amide bonds. The van der Waals surface area contributed by atoms with E-state index in [-0.39, 0.29) is 30.3 Å². The van der Waals surface area contributed by atoms with Crippen molar-refractivity contribution in [2.75, 3.05) is 24.5 Å². The second-order valence-electron chi connectivity index (χ2n) is 8.80. The largest absolute Gasteiger partial charge is 0.352 e. The first-order valence-electron chi connectivity index (χ1n) is 11.2. The van der Waals surface area contributed by atoms with E-state index in [0.717, 1.165) is 55.5 Å². The normalized spacial score (nSPS) is 26.8. The maximum atomic E-state index is 13.3. The number of thioether (sulfide) groups is 1. The monoisotopic (exact) mass is 429 g/mol. The van der Waals surface area contributed by atoms with Gasteiger partial charge < -0.3 is 15.1 Å². The zero-order valence-corrected chi connectivity index (χ0v) is 18.5. The van der Waals surface area contributed by atoms with Crippen LogP contribution in [0.15, 0.2) is 29.2 Å². The lowest BCUT2D eigenvalue weighted by Gasteiger charge is -2.36. The summed E-state index contributed by atoms with van der Waals surface area (Å²) in [6.07, 6.45) is 7.33. The number of nitrogens with one attached hydrogen (secondary N) is 1. The van der Waals surface area contributed by atoms with Gasteiger partial charge in [0, 0.05) is 24.0 Å². The Morgan fingerprint density at radius 1 is 1.07 bits per heavy atom. The fourth-order valence-corrected chi connectivity index (χ4v) is 5.83. The van der Waals surface area contributed by atoms with Crippen LogP contribution in [0, 0.1) is 5.92 Å². The minimum absolute atomic E-state index is 0.0355. The van der Waals surface area contributed by atoms with Crippen molar-refractivity contribution >= 4 is 35.2 Å². The third kappa shape index (κ3) is 4.66. The summed E-state index contributed by atoms with van der Waals surface area (Å²) in [6, 6.07) is 7.75. The van der Waals surface area contributed by atoms with E-state index in [9.17, 15) is 14.4 Å². The fourth-order valence-electron chi connectivity index (χ4n) is 4.64. The molecule has 1 saturated carbocycles. The van der Waals surface area contributed by atoms with Crippen molar-refractivity contribution in [3.63, 3.8) is 0 Å². The van der Waals surface area contributed by atoms with Crippen molar-refractivity contribution in [1.82, 2.24) is 10.2 Å². The van der Waals surface area contributed by atoms with Crippen LogP contribution in [0.25, 0.3) is 0 Å². The van der Waals surface area contributed by atoms with Crippen molar-refractivity contribution in [3.8, 4) is 0 Å². The Morgan fingerprint density at radius 3 is 2.50 bits per heavy atom. The molecule has 0 unspecified atom stereocenters. The number of rotatable bonds is 4. The van der Waals surface area contributed by atoms with Gasteiger partial charge in [0.15, 0.2) is 5.25 Å². The van der Waals surface area contributed by atoms with E-state index in [1.165, 1.54) is 16.7 Å². The predicted octanol–water partition coefficient (Wildman–Crippen LogP) is 3.20. The molecule has 4 rings (SSSR count). The topological polar surface area (TPSA) is 69.7 Å². The van der Waals surface area contributed by atoms with Gasteiger partial charge >= 0.3 is 0 Å². The first kappa shape index (κ1) is 21.2. The molecule has 3 aliphatic rings. The Hall–Kier alpha value is -2.02. The summed E-state index contributed by atoms with van der Waals surface area (Å²) in [7, 11) is 0. The van der Waals surface area contributed by atoms with Gasteiger partial charge in [0.05, 0.1) is 5.69 Å². The van der Waals surface area contributed by atoms with E-state index in [0.29, 0.717) is 19.0 Å². The molecule has 1 N–H and O–H groups in total. The molecule has 0 spiro atoms. The van der Waals surface area contributed by atoms with Crippen LogP contribution in [0.4, 0.5) is 5.69 Å². The highest BCUT2D eigenvalue weighted by molar-refractivity contribution is 8.01. The zero-order chi connectivity index (χ0) is 21.1. The lowest BCUT2D eigenvalue weighted by Crippen LogP contribution is -2.53. The minimum Gasteiger partial charge on any atom is -0.352 e. The predicted molar refractivity (Wildman–Crippen MR) is 118 cm³/mol. The van der Waals surface area contributed by atoms with Gasteiger partial charge in [-0.05, 0) is 63.0 Å². The number of fused-ring (bicyclic) bond motifs is 1. The highest BCUT2D eigenvalue weighted by Crippen LogP contribution is 2.40. The van der Waals surface area contributed by atoms with Gasteiger partial charge in [-0.15, -0.1) is 11.8 Å². The summed E-state index contributed by atoms with van der Waals surface area (Å²) in [5.74, 6) is 0.175. The third-order valence-electron chi connectivity index (χ3n) is 6.47. The maximum Gasteiger partial charge on any atom is 0.250 e. The second-order valence-corrected chi connectivity index (χ2v) is 9.95. The average molecular weight is 430 g/mol. The van der Waals surface area contributed by atoms with E-state index in [1.54, 1.807) is 0 Å². The van der Waals surface area contributed by atoms with E-state index in [2.05, 4.69) is 12.2 Å². The minimum atomic E-state index is -0.804. The molecular weight excluding hydrogens is 398 g/mol. The Bertz CT molecular complexity index is 801. The van der Waals surface area contributed by atoms with Crippen LogP contribution >= 0.6 is 11.8 Å². The molecule has 0 aromatic heterocycles. The van der Waals surface area contributed by atoms with Gasteiger partial charge in [-0.3, -0.25) is 14.4 Å². The summed E-state index contributed by atoms with van der Waals surface area (Å²) in [5.41, 5.74) is 0.725. The standard InChI is InChI=1S/C23H31N3O3S/c1-16-9-11-17(12-10-16)24-20(27)15-26-18-7-3-4-8-19(18)30-21(23(26)29)22(28)25-13-5-2-6-14-25/h3-4,7-8,16-17,21H,2,5-6,9-15H2,1H3,(H,24,27)/t16?,17?,21-/m0/s1. The number of benzene rings is 1. The Kier molecular flexibility index (Phi) is 6.66. The van der Waals surface area contributed by atoms with Gasteiger partial charge in [0.25, 0.3) is 5.91 Å². The van der Waals surface area contributed by atoms with Crippen molar-refractivity contribution in [3.05, 3.63) is 24.3 Å². The van der Waals surface area contributed by atoms with Gasteiger partial charge in [0.1, 0.15) is 6.54 Å². The SMILES string of the molecule is CC1CCC(NC(=O)CN2C(=O)[C@H](C(=O)N3CCCCC3)Sc3ccccc32)CC1. The summed E-state index contributed by atoms with van der Waals surface area (Å²) in [4.78, 5) is 43.4.